The Morgan fingerprint density at radius 3 is 2.82 bits per heavy atom. The van der Waals surface area contributed by atoms with Crippen molar-refractivity contribution >= 4 is 40.4 Å². The number of nitrogens with one attached hydrogen (secondary N) is 1. The molecule has 3 aromatic rings. The number of carbonyl (C=O) groups is 2. The number of fused-ring (bicyclic) bond motifs is 1. The molecule has 0 unspecified atom stereocenters. The van der Waals surface area contributed by atoms with Crippen LogP contribution >= 0.6 is 11.8 Å². The maximum absolute atomic E-state index is 12.8. The highest BCUT2D eigenvalue weighted by molar-refractivity contribution is 7.99. The van der Waals surface area contributed by atoms with E-state index in [2.05, 4.69) is 20.2 Å². The quantitative estimate of drug-likeness (QED) is 0.362. The summed E-state index contributed by atoms with van der Waals surface area (Å²) in [6, 6.07) is 8.53. The first-order chi connectivity index (χ1) is 13.5. The molecule has 1 N–H and O–H groups in total. The van der Waals surface area contributed by atoms with Gasteiger partial charge in [0.2, 0.25) is 5.91 Å². The van der Waals surface area contributed by atoms with Gasteiger partial charge in [-0.15, -0.1) is 0 Å². The van der Waals surface area contributed by atoms with Gasteiger partial charge >= 0.3 is 5.97 Å². The lowest BCUT2D eigenvalue weighted by Gasteiger charge is -2.12. The maximum atomic E-state index is 12.8. The second-order valence-electron chi connectivity index (χ2n) is 5.85. The Hall–Kier alpha value is -3.14. The van der Waals surface area contributed by atoms with Crippen molar-refractivity contribution in [2.24, 2.45) is 0 Å². The Morgan fingerprint density at radius 2 is 2.11 bits per heavy atom. The van der Waals surface area contributed by atoms with Gasteiger partial charge in [0.05, 0.1) is 30.2 Å². The molecule has 10 heteroatoms. The van der Waals surface area contributed by atoms with Crippen molar-refractivity contribution < 1.29 is 18.8 Å². The Labute approximate surface area is 164 Å². The molecule has 146 valence electrons. The third-order valence-corrected chi connectivity index (χ3v) is 4.80. The predicted molar refractivity (Wildman–Crippen MR) is 103 cm³/mol. The minimum Gasteiger partial charge on any atom is -0.469 e. The molecule has 0 spiro atoms. The van der Waals surface area contributed by atoms with Crippen LogP contribution in [0.1, 0.15) is 12.2 Å². The van der Waals surface area contributed by atoms with Crippen molar-refractivity contribution in [3.63, 3.8) is 0 Å². The van der Waals surface area contributed by atoms with Crippen molar-refractivity contribution in [2.45, 2.75) is 25.0 Å². The molecule has 0 saturated heterocycles. The van der Waals surface area contributed by atoms with Crippen LogP contribution in [-0.4, -0.2) is 39.4 Å². The molecule has 0 aliphatic heterocycles. The SMILES string of the molecule is COC(=O)CCn1c(SCC(=O)Nc2cc(C)on2)nc2ccccc2c1=O. The number of carbonyl (C=O) groups excluding carboxylic acids is 2. The van der Waals surface area contributed by atoms with E-state index in [0.717, 1.165) is 11.8 Å². The largest absolute Gasteiger partial charge is 0.469 e. The number of esters is 1. The lowest BCUT2D eigenvalue weighted by Crippen LogP contribution is -2.25. The standard InChI is InChI=1S/C18H18N4O5S/c1-11-9-14(21-27-11)20-15(23)10-28-18-19-13-6-4-3-5-12(13)17(25)22(18)8-7-16(24)26-2/h3-6,9H,7-8,10H2,1-2H3,(H,20,21,23). The summed E-state index contributed by atoms with van der Waals surface area (Å²) in [7, 11) is 1.29. The summed E-state index contributed by atoms with van der Waals surface area (Å²) in [5.41, 5.74) is 0.251. The predicted octanol–water partition coefficient (Wildman–Crippen LogP) is 1.99. The summed E-state index contributed by atoms with van der Waals surface area (Å²) in [6.45, 7) is 1.83. The molecular formula is C18H18N4O5S. The number of aromatic nitrogens is 3. The number of nitrogens with zero attached hydrogens (tertiary/aromatic N) is 3. The minimum absolute atomic E-state index is 0.00884. The molecular weight excluding hydrogens is 384 g/mol. The zero-order chi connectivity index (χ0) is 20.1. The van der Waals surface area contributed by atoms with Gasteiger partial charge in [-0.05, 0) is 19.1 Å². The Morgan fingerprint density at radius 1 is 1.32 bits per heavy atom. The van der Waals surface area contributed by atoms with Crippen LogP contribution in [0.25, 0.3) is 10.9 Å². The molecule has 9 nitrogen and oxygen atoms in total. The van der Waals surface area contributed by atoms with Crippen molar-refractivity contribution in [1.29, 1.82) is 0 Å². The van der Waals surface area contributed by atoms with E-state index in [4.69, 9.17) is 4.52 Å². The van der Waals surface area contributed by atoms with E-state index in [9.17, 15) is 14.4 Å². The fourth-order valence-electron chi connectivity index (χ4n) is 2.49. The van der Waals surface area contributed by atoms with Gasteiger partial charge in [0.15, 0.2) is 11.0 Å². The minimum atomic E-state index is -0.435. The number of para-hydroxylation sites is 1. The molecule has 2 heterocycles. The summed E-state index contributed by atoms with van der Waals surface area (Å²) < 4.78 is 10.9. The van der Waals surface area contributed by atoms with Gasteiger partial charge in [0.25, 0.3) is 5.56 Å². The second kappa shape index (κ2) is 8.70. The number of hydrogen-bond acceptors (Lipinski definition) is 8. The smallest absolute Gasteiger partial charge is 0.307 e. The fraction of sp³-hybridized carbons (Fsp3) is 0.278. The third-order valence-electron chi connectivity index (χ3n) is 3.82. The Bertz CT molecular complexity index is 1080. The van der Waals surface area contributed by atoms with E-state index in [1.54, 1.807) is 37.3 Å². The topological polar surface area (TPSA) is 116 Å². The van der Waals surface area contributed by atoms with Crippen LogP contribution in [0, 0.1) is 6.92 Å². The molecule has 0 aliphatic carbocycles. The highest BCUT2D eigenvalue weighted by Crippen LogP contribution is 2.19. The molecule has 0 fully saturated rings. The first-order valence-electron chi connectivity index (χ1n) is 8.40. The van der Waals surface area contributed by atoms with Crippen molar-refractivity contribution in [2.75, 3.05) is 18.2 Å². The van der Waals surface area contributed by atoms with E-state index in [1.165, 1.54) is 11.7 Å². The number of anilines is 1. The van der Waals surface area contributed by atoms with Crippen molar-refractivity contribution in [3.05, 3.63) is 46.4 Å². The van der Waals surface area contributed by atoms with Gasteiger partial charge in [0.1, 0.15) is 5.76 Å². The van der Waals surface area contributed by atoms with Gasteiger partial charge in [-0.3, -0.25) is 19.0 Å². The van der Waals surface area contributed by atoms with Crippen molar-refractivity contribution in [3.8, 4) is 0 Å². The molecule has 28 heavy (non-hydrogen) atoms. The Balaban J connectivity index is 1.82. The number of aryl methyl sites for hydroxylation is 1. The number of amides is 1. The van der Waals surface area contributed by atoms with Gasteiger partial charge in [0, 0.05) is 12.6 Å². The summed E-state index contributed by atoms with van der Waals surface area (Å²) in [4.78, 5) is 41.0. The molecule has 1 aromatic carbocycles. The fourth-order valence-corrected chi connectivity index (χ4v) is 3.32. The molecule has 0 aliphatic rings. The highest BCUT2D eigenvalue weighted by atomic mass is 32.2. The lowest BCUT2D eigenvalue weighted by atomic mass is 10.2. The van der Waals surface area contributed by atoms with Crippen LogP contribution < -0.4 is 10.9 Å². The summed E-state index contributed by atoms with van der Waals surface area (Å²) in [6.07, 6.45) is 0.0222. The molecule has 1 amide bonds. The molecule has 0 saturated carbocycles. The highest BCUT2D eigenvalue weighted by Gasteiger charge is 2.15. The van der Waals surface area contributed by atoms with Gasteiger partial charge in [-0.2, -0.15) is 0 Å². The van der Waals surface area contributed by atoms with E-state index in [1.807, 2.05) is 0 Å². The molecule has 0 radical (unpaired) electrons. The van der Waals surface area contributed by atoms with Crippen LogP contribution in [0.15, 0.2) is 44.8 Å². The Kier molecular flexibility index (Phi) is 6.09. The van der Waals surface area contributed by atoms with Gasteiger partial charge in [-0.1, -0.05) is 29.1 Å². The monoisotopic (exact) mass is 402 g/mol. The molecule has 3 rings (SSSR count). The van der Waals surface area contributed by atoms with Crippen LogP contribution in [-0.2, 0) is 20.9 Å². The average Bonchev–Trinajstić information content (AvgIpc) is 3.10. The molecule has 2 aromatic heterocycles. The number of methoxy groups -OCH3 is 1. The maximum Gasteiger partial charge on any atom is 0.307 e. The summed E-state index contributed by atoms with van der Waals surface area (Å²) >= 11 is 1.10. The number of ether oxygens (including phenoxy) is 1. The second-order valence-corrected chi connectivity index (χ2v) is 6.80. The number of rotatable bonds is 7. The molecule has 0 atom stereocenters. The third kappa shape index (κ3) is 4.58. The van der Waals surface area contributed by atoms with E-state index in [0.29, 0.717) is 27.6 Å². The molecule has 0 bridgehead atoms. The van der Waals surface area contributed by atoms with Crippen LogP contribution in [0.3, 0.4) is 0 Å². The van der Waals surface area contributed by atoms with Crippen LogP contribution in [0.5, 0.6) is 0 Å². The number of benzene rings is 1. The van der Waals surface area contributed by atoms with Crippen LogP contribution in [0.2, 0.25) is 0 Å². The van der Waals surface area contributed by atoms with E-state index < -0.39 is 5.97 Å². The number of thioether (sulfide) groups is 1. The van der Waals surface area contributed by atoms with Gasteiger partial charge < -0.3 is 14.6 Å². The number of hydrogen-bond donors (Lipinski definition) is 1. The lowest BCUT2D eigenvalue weighted by molar-refractivity contribution is -0.140. The summed E-state index contributed by atoms with van der Waals surface area (Å²) in [5.74, 6) is 0.151. The zero-order valence-corrected chi connectivity index (χ0v) is 16.1. The van der Waals surface area contributed by atoms with Gasteiger partial charge in [-0.25, -0.2) is 4.98 Å². The first-order valence-corrected chi connectivity index (χ1v) is 9.39. The van der Waals surface area contributed by atoms with E-state index in [-0.39, 0.29) is 30.2 Å². The van der Waals surface area contributed by atoms with Crippen molar-refractivity contribution in [1.82, 2.24) is 14.7 Å². The average molecular weight is 402 g/mol. The first kappa shape index (κ1) is 19.6. The zero-order valence-electron chi connectivity index (χ0n) is 15.3. The summed E-state index contributed by atoms with van der Waals surface area (Å²) in [5, 5.41) is 7.10. The normalized spacial score (nSPS) is 10.8. The van der Waals surface area contributed by atoms with Crippen LogP contribution in [0.4, 0.5) is 5.82 Å². The van der Waals surface area contributed by atoms with E-state index >= 15 is 0 Å².